The summed E-state index contributed by atoms with van der Waals surface area (Å²) in [4.78, 5) is 25.0. The van der Waals surface area contributed by atoms with Gasteiger partial charge in [-0.1, -0.05) is 18.2 Å². The lowest BCUT2D eigenvalue weighted by Gasteiger charge is -2.29. The van der Waals surface area contributed by atoms with Crippen LogP contribution in [-0.2, 0) is 17.8 Å². The summed E-state index contributed by atoms with van der Waals surface area (Å²) in [7, 11) is 0. The van der Waals surface area contributed by atoms with E-state index in [2.05, 4.69) is 11.4 Å². The monoisotopic (exact) mass is 369 g/mol. The van der Waals surface area contributed by atoms with Crippen molar-refractivity contribution in [2.75, 3.05) is 24.6 Å². The van der Waals surface area contributed by atoms with E-state index >= 15 is 0 Å². The molecule has 0 saturated heterocycles. The van der Waals surface area contributed by atoms with Gasteiger partial charge in [-0.05, 0) is 37.5 Å². The lowest BCUT2D eigenvalue weighted by Crippen LogP contribution is -2.41. The first-order chi connectivity index (χ1) is 13.1. The van der Waals surface area contributed by atoms with Crippen molar-refractivity contribution in [1.82, 2.24) is 5.32 Å². The maximum atomic E-state index is 12.7. The molecule has 7 nitrogen and oxygen atoms in total. The fourth-order valence-electron chi connectivity index (χ4n) is 3.31. The maximum absolute atomic E-state index is 12.7. The number of anilines is 1. The van der Waals surface area contributed by atoms with E-state index in [0.29, 0.717) is 31.0 Å². The third kappa shape index (κ3) is 4.43. The van der Waals surface area contributed by atoms with Crippen molar-refractivity contribution in [2.24, 2.45) is 0 Å². The van der Waals surface area contributed by atoms with E-state index in [0.717, 1.165) is 18.5 Å². The van der Waals surface area contributed by atoms with Crippen LogP contribution < -0.4 is 15.0 Å². The molecule has 0 aliphatic carbocycles. The Balaban J connectivity index is 1.65. The normalized spacial score (nSPS) is 13.1. The molecule has 0 bridgehead atoms. The van der Waals surface area contributed by atoms with Gasteiger partial charge in [0.15, 0.2) is 0 Å². The highest BCUT2D eigenvalue weighted by Crippen LogP contribution is 2.27. The number of ether oxygens (including phenoxy) is 1. The second-order valence-corrected chi connectivity index (χ2v) is 6.36. The average Bonchev–Trinajstić information content (AvgIpc) is 2.68. The minimum Gasteiger partial charge on any atom is -0.494 e. The van der Waals surface area contributed by atoms with Crippen molar-refractivity contribution >= 4 is 17.3 Å². The zero-order chi connectivity index (χ0) is 19.2. The van der Waals surface area contributed by atoms with E-state index < -0.39 is 4.92 Å². The highest BCUT2D eigenvalue weighted by atomic mass is 16.6. The van der Waals surface area contributed by atoms with Gasteiger partial charge < -0.3 is 15.0 Å². The van der Waals surface area contributed by atoms with E-state index in [1.54, 1.807) is 6.07 Å². The summed E-state index contributed by atoms with van der Waals surface area (Å²) < 4.78 is 5.53. The quantitative estimate of drug-likeness (QED) is 0.599. The molecule has 7 heteroatoms. The number of hydrogen-bond donors (Lipinski definition) is 1. The van der Waals surface area contributed by atoms with Crippen LogP contribution in [0.2, 0.25) is 0 Å². The molecular formula is C20H23N3O4. The molecule has 0 fully saturated rings. The van der Waals surface area contributed by atoms with Crippen LogP contribution in [0.3, 0.4) is 0 Å². The lowest BCUT2D eigenvalue weighted by atomic mass is 10.0. The first-order valence-corrected chi connectivity index (χ1v) is 9.09. The molecule has 1 N–H and O–H groups in total. The molecule has 0 radical (unpaired) electrons. The van der Waals surface area contributed by atoms with Gasteiger partial charge in [0.25, 0.3) is 5.69 Å². The number of rotatable bonds is 7. The summed E-state index contributed by atoms with van der Waals surface area (Å²) in [6.45, 7) is 3.50. The van der Waals surface area contributed by atoms with Crippen LogP contribution in [0.4, 0.5) is 11.4 Å². The molecule has 0 spiro atoms. The number of para-hydroxylation sites is 1. The topological polar surface area (TPSA) is 84.7 Å². The van der Waals surface area contributed by atoms with E-state index in [9.17, 15) is 14.9 Å². The fourth-order valence-corrected chi connectivity index (χ4v) is 3.31. The highest BCUT2D eigenvalue weighted by molar-refractivity contribution is 5.95. The van der Waals surface area contributed by atoms with Crippen LogP contribution in [0.15, 0.2) is 42.5 Å². The average molecular weight is 369 g/mol. The molecule has 0 atom stereocenters. The smallest absolute Gasteiger partial charge is 0.270 e. The summed E-state index contributed by atoms with van der Waals surface area (Å²) in [6.07, 6.45) is 1.93. The molecule has 2 aromatic rings. The molecule has 0 unspecified atom stereocenters. The van der Waals surface area contributed by atoms with Gasteiger partial charge in [-0.2, -0.15) is 0 Å². The van der Waals surface area contributed by atoms with Crippen molar-refractivity contribution < 1.29 is 14.5 Å². The Morgan fingerprint density at radius 3 is 2.89 bits per heavy atom. The Hall–Kier alpha value is -2.93. The first kappa shape index (κ1) is 18.8. The second kappa shape index (κ2) is 8.64. The largest absolute Gasteiger partial charge is 0.494 e. The van der Waals surface area contributed by atoms with Gasteiger partial charge in [-0.25, -0.2) is 0 Å². The molecule has 0 aromatic heterocycles. The van der Waals surface area contributed by atoms with E-state index in [4.69, 9.17) is 4.74 Å². The van der Waals surface area contributed by atoms with Crippen LogP contribution >= 0.6 is 0 Å². The third-order valence-electron chi connectivity index (χ3n) is 4.56. The molecule has 142 valence electrons. The number of hydrogen-bond acceptors (Lipinski definition) is 5. The number of carbonyl (C=O) groups is 1. The predicted octanol–water partition coefficient (Wildman–Crippen LogP) is 3.06. The standard InChI is InChI=1S/C20H23N3O4/c1-2-27-19-10-9-17(23(25)26)12-16(19)13-21-14-20(24)22-11-5-7-15-6-3-4-8-18(15)22/h3-4,6,8-10,12,21H,2,5,7,11,13-14H2,1H3. The molecule has 3 rings (SSSR count). The number of fused-ring (bicyclic) bond motifs is 1. The summed E-state index contributed by atoms with van der Waals surface area (Å²) in [6, 6.07) is 12.5. The van der Waals surface area contributed by atoms with Gasteiger partial charge in [0.2, 0.25) is 5.91 Å². The number of nitrogens with one attached hydrogen (secondary N) is 1. The van der Waals surface area contributed by atoms with Gasteiger partial charge in [0, 0.05) is 36.5 Å². The van der Waals surface area contributed by atoms with E-state index in [1.807, 2.05) is 30.0 Å². The van der Waals surface area contributed by atoms with Gasteiger partial charge in [-0.15, -0.1) is 0 Å². The summed E-state index contributed by atoms with van der Waals surface area (Å²) >= 11 is 0. The van der Waals surface area contributed by atoms with Gasteiger partial charge in [-0.3, -0.25) is 14.9 Å². The van der Waals surface area contributed by atoms with E-state index in [1.165, 1.54) is 17.7 Å². The van der Waals surface area contributed by atoms with Crippen LogP contribution in [0.1, 0.15) is 24.5 Å². The molecule has 2 aromatic carbocycles. The van der Waals surface area contributed by atoms with Crippen molar-refractivity contribution in [3.8, 4) is 5.75 Å². The second-order valence-electron chi connectivity index (χ2n) is 6.36. The van der Waals surface area contributed by atoms with Gasteiger partial charge in [0.05, 0.1) is 18.1 Å². The van der Waals surface area contributed by atoms with Crippen molar-refractivity contribution in [1.29, 1.82) is 0 Å². The van der Waals surface area contributed by atoms with Crippen molar-refractivity contribution in [3.63, 3.8) is 0 Å². The molecule has 1 aliphatic heterocycles. The minimum atomic E-state index is -0.435. The first-order valence-electron chi connectivity index (χ1n) is 9.09. The summed E-state index contributed by atoms with van der Waals surface area (Å²) in [5.41, 5.74) is 2.83. The van der Waals surface area contributed by atoms with Gasteiger partial charge in [0.1, 0.15) is 5.75 Å². The Morgan fingerprint density at radius 2 is 2.11 bits per heavy atom. The van der Waals surface area contributed by atoms with Crippen LogP contribution in [0, 0.1) is 10.1 Å². The molecule has 0 saturated carbocycles. The fraction of sp³-hybridized carbons (Fsp3) is 0.350. The SMILES string of the molecule is CCOc1ccc([N+](=O)[O-])cc1CNCC(=O)N1CCCc2ccccc21. The Bertz CT molecular complexity index is 838. The van der Waals surface area contributed by atoms with Crippen LogP contribution in [0.25, 0.3) is 0 Å². The molecule has 1 aliphatic rings. The van der Waals surface area contributed by atoms with Crippen molar-refractivity contribution in [2.45, 2.75) is 26.3 Å². The summed E-state index contributed by atoms with van der Waals surface area (Å²) in [5.74, 6) is 0.580. The number of carbonyl (C=O) groups excluding carboxylic acids is 1. The zero-order valence-electron chi connectivity index (χ0n) is 15.3. The number of nitro groups is 1. The van der Waals surface area contributed by atoms with Crippen LogP contribution in [-0.4, -0.2) is 30.5 Å². The number of non-ortho nitro benzene ring substituents is 1. The molecule has 27 heavy (non-hydrogen) atoms. The number of nitrogens with zero attached hydrogens (tertiary/aromatic N) is 2. The maximum Gasteiger partial charge on any atom is 0.270 e. The number of nitro benzene ring substituents is 1. The molecule has 1 amide bonds. The Morgan fingerprint density at radius 1 is 1.30 bits per heavy atom. The third-order valence-corrected chi connectivity index (χ3v) is 4.56. The highest BCUT2D eigenvalue weighted by Gasteiger charge is 2.21. The summed E-state index contributed by atoms with van der Waals surface area (Å²) in [5, 5.41) is 14.1. The van der Waals surface area contributed by atoms with E-state index in [-0.39, 0.29) is 18.1 Å². The van der Waals surface area contributed by atoms with Crippen LogP contribution in [0.5, 0.6) is 5.75 Å². The lowest BCUT2D eigenvalue weighted by molar-refractivity contribution is -0.384. The zero-order valence-corrected chi connectivity index (χ0v) is 15.3. The Labute approximate surface area is 158 Å². The van der Waals surface area contributed by atoms with Gasteiger partial charge >= 0.3 is 0 Å². The predicted molar refractivity (Wildman–Crippen MR) is 103 cm³/mol. The van der Waals surface area contributed by atoms with Crippen molar-refractivity contribution in [3.05, 3.63) is 63.7 Å². The number of amides is 1. The molecule has 1 heterocycles. The number of aryl methyl sites for hydroxylation is 1. The minimum absolute atomic E-state index is 0.00605. The molecular weight excluding hydrogens is 346 g/mol. The number of benzene rings is 2. The Kier molecular flexibility index (Phi) is 6.03.